The van der Waals surface area contributed by atoms with Crippen molar-refractivity contribution < 1.29 is 19.0 Å². The number of esters is 1. The summed E-state index contributed by atoms with van der Waals surface area (Å²) < 4.78 is 15.9. The monoisotopic (exact) mass is 402 g/mol. The third-order valence-corrected chi connectivity index (χ3v) is 4.72. The van der Waals surface area contributed by atoms with Crippen LogP contribution in [0.5, 0.6) is 17.2 Å². The summed E-state index contributed by atoms with van der Waals surface area (Å²) in [6.45, 7) is 3.91. The number of hydrogen-bond donors (Lipinski definition) is 0. The zero-order valence-electron chi connectivity index (χ0n) is 14.2. The van der Waals surface area contributed by atoms with Gasteiger partial charge in [0.1, 0.15) is 21.5 Å². The lowest BCUT2D eigenvalue weighted by molar-refractivity contribution is 0.0600. The highest BCUT2D eigenvalue weighted by molar-refractivity contribution is 6.46. The number of benzene rings is 2. The largest absolute Gasteiger partial charge is 0.495 e. The Hall–Kier alpha value is -1.62. The van der Waals surface area contributed by atoms with Crippen molar-refractivity contribution in [2.75, 3.05) is 14.2 Å². The number of carbonyl (C=O) groups is 1. The van der Waals surface area contributed by atoms with Crippen LogP contribution >= 0.6 is 34.8 Å². The predicted octanol–water partition coefficient (Wildman–Crippen LogP) is 6.36. The summed E-state index contributed by atoms with van der Waals surface area (Å²) >= 11 is 19.2. The highest BCUT2D eigenvalue weighted by Gasteiger charge is 2.25. The Balaban J connectivity index is 2.55. The fourth-order valence-corrected chi connectivity index (χ4v) is 3.33. The lowest BCUT2D eigenvalue weighted by Crippen LogP contribution is -2.02. The smallest absolute Gasteiger partial charge is 0.337 e. The molecule has 7 heteroatoms. The van der Waals surface area contributed by atoms with Gasteiger partial charge in [-0.1, -0.05) is 54.7 Å². The second kappa shape index (κ2) is 8.17. The number of halogens is 3. The molecule has 0 saturated carbocycles. The summed E-state index contributed by atoms with van der Waals surface area (Å²) in [7, 11) is 2.81. The quantitative estimate of drug-likeness (QED) is 0.430. The van der Waals surface area contributed by atoms with Crippen LogP contribution in [0.1, 0.15) is 35.7 Å². The van der Waals surface area contributed by atoms with Crippen molar-refractivity contribution in [2.24, 2.45) is 0 Å². The molecule has 0 bridgehead atoms. The standard InChI is InChI=1S/C18H17Cl3O4/c1-9(2)12-13(19)17(15(21)14(20)16(12)23-3)25-11-7-5-6-10(8-11)18(22)24-4/h5-9H,1-4H3. The van der Waals surface area contributed by atoms with Crippen molar-refractivity contribution >= 4 is 40.8 Å². The van der Waals surface area contributed by atoms with E-state index in [0.717, 1.165) is 0 Å². The number of rotatable bonds is 5. The third-order valence-electron chi connectivity index (χ3n) is 3.53. The van der Waals surface area contributed by atoms with Crippen LogP contribution < -0.4 is 9.47 Å². The lowest BCUT2D eigenvalue weighted by atomic mass is 10.0. The van der Waals surface area contributed by atoms with Gasteiger partial charge in [0.15, 0.2) is 5.75 Å². The van der Waals surface area contributed by atoms with E-state index >= 15 is 0 Å². The van der Waals surface area contributed by atoms with Crippen molar-refractivity contribution in [3.05, 3.63) is 50.5 Å². The van der Waals surface area contributed by atoms with Gasteiger partial charge in [0.25, 0.3) is 0 Å². The van der Waals surface area contributed by atoms with Gasteiger partial charge in [-0.05, 0) is 24.1 Å². The van der Waals surface area contributed by atoms with Gasteiger partial charge in [-0.3, -0.25) is 0 Å². The molecule has 0 aromatic heterocycles. The highest BCUT2D eigenvalue weighted by Crippen LogP contribution is 2.51. The maximum Gasteiger partial charge on any atom is 0.337 e. The molecule has 2 aromatic rings. The first-order valence-corrected chi connectivity index (χ1v) is 8.55. The summed E-state index contributed by atoms with van der Waals surface area (Å²) in [6, 6.07) is 6.48. The van der Waals surface area contributed by atoms with Gasteiger partial charge < -0.3 is 14.2 Å². The number of ether oxygens (including phenoxy) is 3. The summed E-state index contributed by atoms with van der Waals surface area (Å²) in [4.78, 5) is 11.7. The van der Waals surface area contributed by atoms with E-state index in [1.54, 1.807) is 18.2 Å². The minimum Gasteiger partial charge on any atom is -0.495 e. The summed E-state index contributed by atoms with van der Waals surface area (Å²) in [6.07, 6.45) is 0. The number of carbonyl (C=O) groups excluding carboxylic acids is 1. The lowest BCUT2D eigenvalue weighted by Gasteiger charge is -2.20. The molecular formula is C18H17Cl3O4. The van der Waals surface area contributed by atoms with E-state index < -0.39 is 5.97 Å². The van der Waals surface area contributed by atoms with E-state index in [9.17, 15) is 4.79 Å². The van der Waals surface area contributed by atoms with Gasteiger partial charge >= 0.3 is 5.97 Å². The molecular weight excluding hydrogens is 387 g/mol. The zero-order chi connectivity index (χ0) is 18.7. The van der Waals surface area contributed by atoms with E-state index in [0.29, 0.717) is 27.6 Å². The maximum absolute atomic E-state index is 11.7. The van der Waals surface area contributed by atoms with E-state index in [2.05, 4.69) is 0 Å². The molecule has 0 spiro atoms. The molecule has 134 valence electrons. The van der Waals surface area contributed by atoms with Crippen molar-refractivity contribution in [1.29, 1.82) is 0 Å². The maximum atomic E-state index is 11.7. The normalized spacial score (nSPS) is 10.7. The van der Waals surface area contributed by atoms with E-state index in [-0.39, 0.29) is 21.7 Å². The second-order valence-electron chi connectivity index (χ2n) is 5.49. The Kier molecular flexibility index (Phi) is 6.44. The van der Waals surface area contributed by atoms with Gasteiger partial charge in [0, 0.05) is 5.56 Å². The molecule has 0 fully saturated rings. The first kappa shape index (κ1) is 19.7. The van der Waals surface area contributed by atoms with E-state index in [1.165, 1.54) is 20.3 Å². The van der Waals surface area contributed by atoms with Crippen LogP contribution in [0.25, 0.3) is 0 Å². The zero-order valence-corrected chi connectivity index (χ0v) is 16.4. The predicted molar refractivity (Wildman–Crippen MR) is 100.0 cm³/mol. The molecule has 0 unspecified atom stereocenters. The fraction of sp³-hybridized carbons (Fsp3) is 0.278. The summed E-state index contributed by atoms with van der Waals surface area (Å²) in [5, 5.41) is 0.664. The van der Waals surface area contributed by atoms with Gasteiger partial charge in [0.2, 0.25) is 0 Å². The molecule has 0 atom stereocenters. The number of methoxy groups -OCH3 is 2. The molecule has 0 aliphatic rings. The fourth-order valence-electron chi connectivity index (χ4n) is 2.36. The SMILES string of the molecule is COC(=O)c1cccc(Oc2c(Cl)c(Cl)c(OC)c(C(C)C)c2Cl)c1. The van der Waals surface area contributed by atoms with Crippen LogP contribution in [-0.2, 0) is 4.74 Å². The van der Waals surface area contributed by atoms with Crippen molar-refractivity contribution in [3.8, 4) is 17.2 Å². The Bertz CT molecular complexity index is 803. The Morgan fingerprint density at radius 3 is 2.20 bits per heavy atom. The average Bonchev–Trinajstić information content (AvgIpc) is 2.60. The van der Waals surface area contributed by atoms with Gasteiger partial charge in [-0.15, -0.1) is 0 Å². The first-order valence-electron chi connectivity index (χ1n) is 7.42. The molecule has 0 amide bonds. The minimum atomic E-state index is -0.474. The van der Waals surface area contributed by atoms with Crippen LogP contribution in [0.3, 0.4) is 0 Å². The molecule has 0 aliphatic heterocycles. The summed E-state index contributed by atoms with van der Waals surface area (Å²) in [5.74, 6) is 0.559. The van der Waals surface area contributed by atoms with Crippen molar-refractivity contribution in [2.45, 2.75) is 19.8 Å². The molecule has 0 saturated heterocycles. The van der Waals surface area contributed by atoms with Crippen LogP contribution in [0, 0.1) is 0 Å². The average molecular weight is 404 g/mol. The van der Waals surface area contributed by atoms with Crippen LogP contribution in [0.4, 0.5) is 0 Å². The molecule has 2 aromatic carbocycles. The Morgan fingerprint density at radius 2 is 1.64 bits per heavy atom. The van der Waals surface area contributed by atoms with Gasteiger partial charge in [0.05, 0.1) is 24.8 Å². The van der Waals surface area contributed by atoms with E-state index in [1.807, 2.05) is 13.8 Å². The van der Waals surface area contributed by atoms with Crippen LogP contribution in [0.2, 0.25) is 15.1 Å². The van der Waals surface area contributed by atoms with Crippen molar-refractivity contribution in [1.82, 2.24) is 0 Å². The Labute approximate surface area is 161 Å². The van der Waals surface area contributed by atoms with E-state index in [4.69, 9.17) is 49.0 Å². The molecule has 25 heavy (non-hydrogen) atoms. The van der Waals surface area contributed by atoms with Crippen molar-refractivity contribution in [3.63, 3.8) is 0 Å². The third kappa shape index (κ3) is 3.97. The topological polar surface area (TPSA) is 44.8 Å². The van der Waals surface area contributed by atoms with Crippen LogP contribution in [0.15, 0.2) is 24.3 Å². The number of hydrogen-bond acceptors (Lipinski definition) is 4. The molecule has 0 aliphatic carbocycles. The molecule has 4 nitrogen and oxygen atoms in total. The molecule has 2 rings (SSSR count). The second-order valence-corrected chi connectivity index (χ2v) is 6.63. The summed E-state index contributed by atoms with van der Waals surface area (Å²) in [5.41, 5.74) is 1.04. The molecule has 0 heterocycles. The Morgan fingerprint density at radius 1 is 1.00 bits per heavy atom. The first-order chi connectivity index (χ1) is 11.8. The molecule has 0 N–H and O–H groups in total. The van der Waals surface area contributed by atoms with Gasteiger partial charge in [-0.25, -0.2) is 4.79 Å². The van der Waals surface area contributed by atoms with Crippen LogP contribution in [-0.4, -0.2) is 20.2 Å². The van der Waals surface area contributed by atoms with Gasteiger partial charge in [-0.2, -0.15) is 0 Å². The molecule has 0 radical (unpaired) electrons. The minimum absolute atomic E-state index is 0.0287. The highest BCUT2D eigenvalue weighted by atomic mass is 35.5.